The minimum atomic E-state index is -0.324. The number of carbonyl (C=O) groups excluding carboxylic acids is 1. The van der Waals surface area contributed by atoms with Crippen molar-refractivity contribution >= 4 is 6.09 Å². The van der Waals surface area contributed by atoms with Crippen LogP contribution in [0.2, 0.25) is 0 Å². The number of nitrogens with one attached hydrogen (secondary N) is 2. The molecule has 0 aromatic heterocycles. The summed E-state index contributed by atoms with van der Waals surface area (Å²) >= 11 is 0. The summed E-state index contributed by atoms with van der Waals surface area (Å²) < 4.78 is 5.22. The Balaban J connectivity index is 1.71. The first-order valence-corrected chi connectivity index (χ1v) is 6.93. The summed E-state index contributed by atoms with van der Waals surface area (Å²) in [5.41, 5.74) is 1.01. The molecule has 1 aliphatic heterocycles. The van der Waals surface area contributed by atoms with Gasteiger partial charge in [0.05, 0.1) is 0 Å². The molecule has 1 amide bonds. The SMILES string of the molecule is C[C@@H](NC(=O)OCc1ccccc1)C1CCNCC1. The van der Waals surface area contributed by atoms with E-state index in [2.05, 4.69) is 17.6 Å². The van der Waals surface area contributed by atoms with Crippen molar-refractivity contribution in [2.24, 2.45) is 5.92 Å². The van der Waals surface area contributed by atoms with Crippen molar-refractivity contribution < 1.29 is 9.53 Å². The summed E-state index contributed by atoms with van der Waals surface area (Å²) in [4.78, 5) is 11.7. The summed E-state index contributed by atoms with van der Waals surface area (Å²) in [6.45, 7) is 4.46. The van der Waals surface area contributed by atoms with Crippen molar-refractivity contribution in [2.75, 3.05) is 13.1 Å². The molecular weight excluding hydrogens is 240 g/mol. The van der Waals surface area contributed by atoms with E-state index >= 15 is 0 Å². The molecule has 1 atom stereocenters. The van der Waals surface area contributed by atoms with Crippen LogP contribution in [0.3, 0.4) is 0 Å². The smallest absolute Gasteiger partial charge is 0.407 e. The van der Waals surface area contributed by atoms with Crippen LogP contribution in [0.15, 0.2) is 30.3 Å². The fourth-order valence-electron chi connectivity index (χ4n) is 2.41. The van der Waals surface area contributed by atoms with E-state index in [1.807, 2.05) is 30.3 Å². The summed E-state index contributed by atoms with van der Waals surface area (Å²) in [5.74, 6) is 0.547. The summed E-state index contributed by atoms with van der Waals surface area (Å²) in [7, 11) is 0. The summed E-state index contributed by atoms with van der Waals surface area (Å²) in [5, 5.41) is 6.26. The molecule has 1 saturated heterocycles. The van der Waals surface area contributed by atoms with E-state index in [1.165, 1.54) is 0 Å². The zero-order valence-corrected chi connectivity index (χ0v) is 11.4. The minimum absolute atomic E-state index is 0.172. The molecule has 4 nitrogen and oxygen atoms in total. The van der Waals surface area contributed by atoms with Gasteiger partial charge in [-0.25, -0.2) is 4.79 Å². The monoisotopic (exact) mass is 262 g/mol. The van der Waals surface area contributed by atoms with Gasteiger partial charge in [0.1, 0.15) is 6.61 Å². The van der Waals surface area contributed by atoms with Gasteiger partial charge < -0.3 is 15.4 Å². The molecule has 1 fully saturated rings. The molecule has 0 unspecified atom stereocenters. The van der Waals surface area contributed by atoms with Gasteiger partial charge in [-0.05, 0) is 44.3 Å². The van der Waals surface area contributed by atoms with Crippen LogP contribution in [0, 0.1) is 5.92 Å². The summed E-state index contributed by atoms with van der Waals surface area (Å²) in [6, 6.07) is 9.89. The second-order valence-electron chi connectivity index (χ2n) is 5.08. The van der Waals surface area contributed by atoms with Gasteiger partial charge in [0.2, 0.25) is 0 Å². The Hall–Kier alpha value is -1.55. The molecule has 0 aliphatic carbocycles. The van der Waals surface area contributed by atoms with Crippen molar-refractivity contribution in [3.63, 3.8) is 0 Å². The molecule has 19 heavy (non-hydrogen) atoms. The number of hydrogen-bond donors (Lipinski definition) is 2. The lowest BCUT2D eigenvalue weighted by atomic mass is 9.91. The fraction of sp³-hybridized carbons (Fsp3) is 0.533. The average Bonchev–Trinajstić information content (AvgIpc) is 2.47. The van der Waals surface area contributed by atoms with Crippen molar-refractivity contribution in [3.05, 3.63) is 35.9 Å². The first-order valence-electron chi connectivity index (χ1n) is 6.93. The predicted molar refractivity (Wildman–Crippen MR) is 74.8 cm³/mol. The van der Waals surface area contributed by atoms with Crippen LogP contribution in [0.1, 0.15) is 25.3 Å². The van der Waals surface area contributed by atoms with Crippen molar-refractivity contribution in [3.8, 4) is 0 Å². The lowest BCUT2D eigenvalue weighted by Crippen LogP contribution is -2.42. The molecule has 4 heteroatoms. The third kappa shape index (κ3) is 4.56. The Labute approximate surface area is 114 Å². The predicted octanol–water partition coefficient (Wildman–Crippen LogP) is 2.30. The molecule has 0 radical (unpaired) electrons. The van der Waals surface area contributed by atoms with E-state index in [9.17, 15) is 4.79 Å². The molecule has 1 aliphatic rings. The highest BCUT2D eigenvalue weighted by Crippen LogP contribution is 2.16. The largest absolute Gasteiger partial charge is 0.445 e. The number of piperidine rings is 1. The van der Waals surface area contributed by atoms with E-state index in [0.29, 0.717) is 12.5 Å². The van der Waals surface area contributed by atoms with Crippen molar-refractivity contribution in [1.29, 1.82) is 0 Å². The number of benzene rings is 1. The Bertz CT molecular complexity index is 388. The van der Waals surface area contributed by atoms with Crippen LogP contribution >= 0.6 is 0 Å². The molecule has 1 heterocycles. The normalized spacial score (nSPS) is 17.7. The fourth-order valence-corrected chi connectivity index (χ4v) is 2.41. The second kappa shape index (κ2) is 7.14. The van der Waals surface area contributed by atoms with E-state index < -0.39 is 0 Å². The van der Waals surface area contributed by atoms with Crippen molar-refractivity contribution in [2.45, 2.75) is 32.4 Å². The Kier molecular flexibility index (Phi) is 5.21. The van der Waals surface area contributed by atoms with Gasteiger partial charge in [0.25, 0.3) is 0 Å². The molecule has 1 aromatic rings. The molecule has 104 valence electrons. The minimum Gasteiger partial charge on any atom is -0.445 e. The lowest BCUT2D eigenvalue weighted by molar-refractivity contribution is 0.131. The maximum Gasteiger partial charge on any atom is 0.407 e. The van der Waals surface area contributed by atoms with Crippen LogP contribution in [0.5, 0.6) is 0 Å². The molecule has 0 bridgehead atoms. The van der Waals surface area contributed by atoms with Crippen LogP contribution in [-0.4, -0.2) is 25.2 Å². The van der Waals surface area contributed by atoms with Gasteiger partial charge in [-0.15, -0.1) is 0 Å². The molecule has 2 rings (SSSR count). The lowest BCUT2D eigenvalue weighted by Gasteiger charge is -2.28. The Morgan fingerprint density at radius 1 is 1.37 bits per heavy atom. The molecular formula is C15H22N2O2. The highest BCUT2D eigenvalue weighted by atomic mass is 16.5. The van der Waals surface area contributed by atoms with E-state index in [1.54, 1.807) is 0 Å². The van der Waals surface area contributed by atoms with Crippen LogP contribution in [0.4, 0.5) is 4.79 Å². The third-order valence-corrected chi connectivity index (χ3v) is 3.65. The number of hydrogen-bond acceptors (Lipinski definition) is 3. The van der Waals surface area contributed by atoms with Gasteiger partial charge in [0.15, 0.2) is 0 Å². The molecule has 0 saturated carbocycles. The Morgan fingerprint density at radius 2 is 2.05 bits per heavy atom. The van der Waals surface area contributed by atoms with E-state index in [0.717, 1.165) is 31.5 Å². The van der Waals surface area contributed by atoms with Gasteiger partial charge in [-0.1, -0.05) is 30.3 Å². The molecule has 0 spiro atoms. The van der Waals surface area contributed by atoms with Crippen LogP contribution in [0.25, 0.3) is 0 Å². The molecule has 1 aromatic carbocycles. The number of rotatable bonds is 4. The van der Waals surface area contributed by atoms with Crippen molar-refractivity contribution in [1.82, 2.24) is 10.6 Å². The maximum absolute atomic E-state index is 11.7. The van der Waals surface area contributed by atoms with Gasteiger partial charge in [-0.2, -0.15) is 0 Å². The standard InChI is InChI=1S/C15H22N2O2/c1-12(14-7-9-16-10-8-14)17-15(18)19-11-13-5-3-2-4-6-13/h2-6,12,14,16H,7-11H2,1H3,(H,17,18)/t12-/m1/s1. The van der Waals surface area contributed by atoms with Crippen LogP contribution < -0.4 is 10.6 Å². The first-order chi connectivity index (χ1) is 9.25. The molecule has 2 N–H and O–H groups in total. The van der Waals surface area contributed by atoms with Crippen LogP contribution in [-0.2, 0) is 11.3 Å². The number of amides is 1. The quantitative estimate of drug-likeness (QED) is 0.875. The zero-order chi connectivity index (χ0) is 13.5. The number of alkyl carbamates (subject to hydrolysis) is 1. The maximum atomic E-state index is 11.7. The van der Waals surface area contributed by atoms with E-state index in [4.69, 9.17) is 4.74 Å². The average molecular weight is 262 g/mol. The second-order valence-corrected chi connectivity index (χ2v) is 5.08. The van der Waals surface area contributed by atoms with Gasteiger partial charge >= 0.3 is 6.09 Å². The first kappa shape index (κ1) is 13.9. The number of ether oxygens (including phenoxy) is 1. The highest BCUT2D eigenvalue weighted by molar-refractivity contribution is 5.67. The third-order valence-electron chi connectivity index (χ3n) is 3.65. The zero-order valence-electron chi connectivity index (χ0n) is 11.4. The Morgan fingerprint density at radius 3 is 2.74 bits per heavy atom. The van der Waals surface area contributed by atoms with Gasteiger partial charge in [0, 0.05) is 6.04 Å². The van der Waals surface area contributed by atoms with Gasteiger partial charge in [-0.3, -0.25) is 0 Å². The topological polar surface area (TPSA) is 50.4 Å². The summed E-state index contributed by atoms with van der Waals surface area (Å²) in [6.07, 6.45) is 1.90. The number of carbonyl (C=O) groups is 1. The highest BCUT2D eigenvalue weighted by Gasteiger charge is 2.21. The van der Waals surface area contributed by atoms with E-state index in [-0.39, 0.29) is 12.1 Å².